The minimum absolute atomic E-state index is 0.0119. The van der Waals surface area contributed by atoms with E-state index in [2.05, 4.69) is 54.1 Å². The van der Waals surface area contributed by atoms with E-state index in [1.807, 2.05) is 14.0 Å². The molecule has 4 nitrogen and oxygen atoms in total. The van der Waals surface area contributed by atoms with Crippen molar-refractivity contribution >= 4 is 6.03 Å². The van der Waals surface area contributed by atoms with Gasteiger partial charge in [0.25, 0.3) is 0 Å². The van der Waals surface area contributed by atoms with Crippen LogP contribution in [0.4, 0.5) is 4.79 Å². The third-order valence-electron chi connectivity index (χ3n) is 4.41. The first-order chi connectivity index (χ1) is 11.0. The zero-order chi connectivity index (χ0) is 16.8. The van der Waals surface area contributed by atoms with Crippen molar-refractivity contribution in [2.75, 3.05) is 26.7 Å². The quantitative estimate of drug-likeness (QED) is 0.819. The van der Waals surface area contributed by atoms with Crippen molar-refractivity contribution < 1.29 is 4.79 Å². The smallest absolute Gasteiger partial charge is 0.317 e. The summed E-state index contributed by atoms with van der Waals surface area (Å²) >= 11 is 0. The molecule has 2 rings (SSSR count). The molecule has 1 saturated heterocycles. The molecule has 0 saturated carbocycles. The van der Waals surface area contributed by atoms with Crippen LogP contribution in [0.25, 0.3) is 0 Å². The molecule has 1 aliphatic rings. The number of likely N-dealkylation sites (N-methyl/N-ethyl adjacent to an activating group) is 1. The van der Waals surface area contributed by atoms with Crippen molar-refractivity contribution in [2.45, 2.75) is 32.9 Å². The fourth-order valence-corrected chi connectivity index (χ4v) is 3.25. The van der Waals surface area contributed by atoms with Gasteiger partial charge in [0.1, 0.15) is 0 Å². The second-order valence-electron chi connectivity index (χ2n) is 6.87. The molecule has 2 atom stereocenters. The van der Waals surface area contributed by atoms with Gasteiger partial charge in [-0.2, -0.15) is 0 Å². The van der Waals surface area contributed by atoms with Gasteiger partial charge in [0.15, 0.2) is 0 Å². The van der Waals surface area contributed by atoms with Crippen molar-refractivity contribution in [1.29, 1.82) is 0 Å². The Labute approximate surface area is 140 Å². The number of nitrogens with zero attached hydrogens (tertiary/aromatic N) is 2. The SMILES string of the molecule is C=C(C)CN(C)C(=O)NC[C@@H]1C[C@H](C)N(Cc2ccccc2)C1. The Bertz CT molecular complexity index is 529. The summed E-state index contributed by atoms with van der Waals surface area (Å²) in [7, 11) is 1.81. The average molecular weight is 315 g/mol. The molecule has 1 N–H and O–H groups in total. The Morgan fingerprint density at radius 2 is 2.09 bits per heavy atom. The molecular formula is C19H29N3O. The van der Waals surface area contributed by atoms with Crippen LogP contribution >= 0.6 is 0 Å². The summed E-state index contributed by atoms with van der Waals surface area (Å²) in [5.41, 5.74) is 2.34. The van der Waals surface area contributed by atoms with Crippen molar-refractivity contribution in [3.63, 3.8) is 0 Å². The molecule has 23 heavy (non-hydrogen) atoms. The van der Waals surface area contributed by atoms with Crippen molar-refractivity contribution in [2.24, 2.45) is 5.92 Å². The number of carbonyl (C=O) groups excluding carboxylic acids is 1. The highest BCUT2D eigenvalue weighted by atomic mass is 16.2. The van der Waals surface area contributed by atoms with E-state index >= 15 is 0 Å². The van der Waals surface area contributed by atoms with Crippen molar-refractivity contribution in [3.05, 3.63) is 48.0 Å². The Morgan fingerprint density at radius 1 is 1.39 bits per heavy atom. The van der Waals surface area contributed by atoms with Crippen LogP contribution in [0.3, 0.4) is 0 Å². The Kier molecular flexibility index (Phi) is 6.22. The number of hydrogen-bond acceptors (Lipinski definition) is 2. The van der Waals surface area contributed by atoms with Gasteiger partial charge in [0, 0.05) is 39.3 Å². The van der Waals surface area contributed by atoms with Gasteiger partial charge in [-0.05, 0) is 31.7 Å². The summed E-state index contributed by atoms with van der Waals surface area (Å²) in [6, 6.07) is 11.1. The lowest BCUT2D eigenvalue weighted by atomic mass is 10.1. The Morgan fingerprint density at radius 3 is 2.74 bits per heavy atom. The molecule has 1 aliphatic heterocycles. The van der Waals surface area contributed by atoms with Gasteiger partial charge < -0.3 is 10.2 Å². The fourth-order valence-electron chi connectivity index (χ4n) is 3.25. The van der Waals surface area contributed by atoms with Crippen LogP contribution in [-0.4, -0.2) is 48.6 Å². The predicted octanol–water partition coefficient (Wildman–Crippen LogP) is 3.11. The second-order valence-corrected chi connectivity index (χ2v) is 6.87. The highest BCUT2D eigenvalue weighted by molar-refractivity contribution is 5.74. The monoisotopic (exact) mass is 315 g/mol. The van der Waals surface area contributed by atoms with Crippen molar-refractivity contribution in [3.8, 4) is 0 Å². The van der Waals surface area contributed by atoms with Gasteiger partial charge in [0.05, 0.1) is 0 Å². The predicted molar refractivity (Wildman–Crippen MR) is 95.3 cm³/mol. The zero-order valence-electron chi connectivity index (χ0n) is 14.6. The molecule has 4 heteroatoms. The first kappa shape index (κ1) is 17.5. The van der Waals surface area contributed by atoms with E-state index in [-0.39, 0.29) is 6.03 Å². The first-order valence-electron chi connectivity index (χ1n) is 8.37. The lowest BCUT2D eigenvalue weighted by Crippen LogP contribution is -2.40. The summed E-state index contributed by atoms with van der Waals surface area (Å²) in [5, 5.41) is 3.05. The van der Waals surface area contributed by atoms with Gasteiger partial charge in [-0.3, -0.25) is 4.90 Å². The maximum atomic E-state index is 12.0. The van der Waals surface area contributed by atoms with Crippen LogP contribution < -0.4 is 5.32 Å². The summed E-state index contributed by atoms with van der Waals surface area (Å²) in [6.45, 7) is 11.4. The number of urea groups is 1. The van der Waals surface area contributed by atoms with Crippen LogP contribution in [0.2, 0.25) is 0 Å². The summed E-state index contributed by atoms with van der Waals surface area (Å²) in [5.74, 6) is 0.524. The lowest BCUT2D eigenvalue weighted by molar-refractivity contribution is 0.209. The van der Waals surface area contributed by atoms with Crippen molar-refractivity contribution in [1.82, 2.24) is 15.1 Å². The third kappa shape index (κ3) is 5.39. The van der Waals surface area contributed by atoms with E-state index in [1.165, 1.54) is 5.56 Å². The average Bonchev–Trinajstić information content (AvgIpc) is 2.85. The number of rotatable bonds is 6. The standard InChI is InChI=1S/C19H29N3O/c1-15(2)12-21(4)19(23)20-11-18-10-16(3)22(14-18)13-17-8-6-5-7-9-17/h5-9,16,18H,1,10-14H2,2-4H3,(H,20,23)/t16-,18-/m0/s1. The number of carbonyl (C=O) groups is 1. The minimum atomic E-state index is -0.0119. The number of hydrogen-bond donors (Lipinski definition) is 1. The zero-order valence-corrected chi connectivity index (χ0v) is 14.6. The number of benzene rings is 1. The van der Waals surface area contributed by atoms with E-state index < -0.39 is 0 Å². The molecular weight excluding hydrogens is 286 g/mol. The molecule has 0 bridgehead atoms. The molecule has 1 fully saturated rings. The minimum Gasteiger partial charge on any atom is -0.338 e. The van der Waals surface area contributed by atoms with E-state index in [9.17, 15) is 4.79 Å². The highest BCUT2D eigenvalue weighted by Gasteiger charge is 2.29. The van der Waals surface area contributed by atoms with Gasteiger partial charge >= 0.3 is 6.03 Å². The van der Waals surface area contributed by atoms with Crippen LogP contribution in [0.5, 0.6) is 0 Å². The Balaban J connectivity index is 1.77. The van der Waals surface area contributed by atoms with Gasteiger partial charge in [-0.25, -0.2) is 4.79 Å². The summed E-state index contributed by atoms with van der Waals surface area (Å²) in [4.78, 5) is 16.2. The van der Waals surface area contributed by atoms with Crippen LogP contribution in [-0.2, 0) is 6.54 Å². The van der Waals surface area contributed by atoms with E-state index in [0.29, 0.717) is 18.5 Å². The normalized spacial score (nSPS) is 21.2. The topological polar surface area (TPSA) is 35.6 Å². The second kappa shape index (κ2) is 8.16. The van der Waals surface area contributed by atoms with E-state index in [1.54, 1.807) is 4.90 Å². The summed E-state index contributed by atoms with van der Waals surface area (Å²) in [6.07, 6.45) is 1.14. The lowest BCUT2D eigenvalue weighted by Gasteiger charge is -2.21. The molecule has 0 aliphatic carbocycles. The van der Waals surface area contributed by atoms with Crippen LogP contribution in [0.15, 0.2) is 42.5 Å². The maximum Gasteiger partial charge on any atom is 0.317 e. The van der Waals surface area contributed by atoms with Crippen LogP contribution in [0.1, 0.15) is 25.8 Å². The van der Waals surface area contributed by atoms with E-state index in [4.69, 9.17) is 0 Å². The molecule has 1 heterocycles. The van der Waals surface area contributed by atoms with Gasteiger partial charge in [-0.1, -0.05) is 42.5 Å². The largest absolute Gasteiger partial charge is 0.338 e. The van der Waals surface area contributed by atoms with E-state index in [0.717, 1.165) is 31.6 Å². The fraction of sp³-hybridized carbons (Fsp3) is 0.526. The number of likely N-dealkylation sites (tertiary alicyclic amines) is 1. The van der Waals surface area contributed by atoms with Crippen LogP contribution in [0, 0.1) is 5.92 Å². The molecule has 0 aromatic heterocycles. The maximum absolute atomic E-state index is 12.0. The highest BCUT2D eigenvalue weighted by Crippen LogP contribution is 2.24. The molecule has 126 valence electrons. The molecule has 0 radical (unpaired) electrons. The summed E-state index contributed by atoms with van der Waals surface area (Å²) < 4.78 is 0. The third-order valence-corrected chi connectivity index (χ3v) is 4.41. The number of amides is 2. The first-order valence-corrected chi connectivity index (χ1v) is 8.37. The number of nitrogens with one attached hydrogen (secondary N) is 1. The molecule has 0 spiro atoms. The molecule has 0 unspecified atom stereocenters. The molecule has 2 amide bonds. The molecule has 1 aromatic rings. The van der Waals surface area contributed by atoms with Gasteiger partial charge in [-0.15, -0.1) is 0 Å². The van der Waals surface area contributed by atoms with Gasteiger partial charge in [0.2, 0.25) is 0 Å². The Hall–Kier alpha value is -1.81. The molecule has 1 aromatic carbocycles.